The van der Waals surface area contributed by atoms with E-state index in [1.807, 2.05) is 0 Å². The van der Waals surface area contributed by atoms with Gasteiger partial charge in [-0.05, 0) is 48.3 Å². The Kier molecular flexibility index (Phi) is 4.77. The zero-order valence-electron chi connectivity index (χ0n) is 9.69. The molecule has 1 aromatic rings. The van der Waals surface area contributed by atoms with Crippen LogP contribution in [0, 0.1) is 6.92 Å². The van der Waals surface area contributed by atoms with Gasteiger partial charge >= 0.3 is 0 Å². The number of hydrogen-bond donors (Lipinski definition) is 1. The van der Waals surface area contributed by atoms with Gasteiger partial charge in [0.1, 0.15) is 0 Å². The molecule has 1 N–H and O–H groups in total. The van der Waals surface area contributed by atoms with Gasteiger partial charge in [0.15, 0.2) is 0 Å². The molecule has 0 fully saturated rings. The Morgan fingerprint density at radius 2 is 2.20 bits per heavy atom. The van der Waals surface area contributed by atoms with Crippen LogP contribution in [0.25, 0.3) is 0 Å². The maximum Gasteiger partial charge on any atom is 0.0730 e. The average Bonchev–Trinajstić information content (AvgIpc) is 2.44. The van der Waals surface area contributed by atoms with Gasteiger partial charge in [0, 0.05) is 24.1 Å². The first-order valence-electron chi connectivity index (χ1n) is 4.93. The molecule has 0 bridgehead atoms. The van der Waals surface area contributed by atoms with Crippen molar-refractivity contribution < 1.29 is 4.74 Å². The number of hydrogen-bond acceptors (Lipinski definition) is 3. The number of thiophene rings is 1. The summed E-state index contributed by atoms with van der Waals surface area (Å²) < 4.78 is 6.38. The Labute approximate surface area is 104 Å². The van der Waals surface area contributed by atoms with Crippen molar-refractivity contribution >= 4 is 27.3 Å². The van der Waals surface area contributed by atoms with Gasteiger partial charge in [0.25, 0.3) is 0 Å². The molecule has 1 rings (SSSR count). The van der Waals surface area contributed by atoms with Crippen LogP contribution in [0.3, 0.4) is 0 Å². The lowest BCUT2D eigenvalue weighted by Gasteiger charge is -2.24. The van der Waals surface area contributed by atoms with Crippen molar-refractivity contribution in [3.8, 4) is 0 Å². The minimum Gasteiger partial charge on any atom is -0.383 e. The molecule has 0 unspecified atom stereocenters. The van der Waals surface area contributed by atoms with E-state index in [1.54, 1.807) is 18.4 Å². The molecule has 15 heavy (non-hydrogen) atoms. The molecule has 0 radical (unpaired) electrons. The molecule has 1 heterocycles. The maximum absolute atomic E-state index is 5.16. The first kappa shape index (κ1) is 13.2. The fraction of sp³-hybridized carbons (Fsp3) is 0.636. The van der Waals surface area contributed by atoms with E-state index >= 15 is 0 Å². The Bertz CT molecular complexity index is 303. The second-order valence-corrected chi connectivity index (χ2v) is 6.79. The van der Waals surface area contributed by atoms with Gasteiger partial charge in [0.05, 0.1) is 10.4 Å². The third kappa shape index (κ3) is 4.23. The predicted molar refractivity (Wildman–Crippen MR) is 69.6 cm³/mol. The van der Waals surface area contributed by atoms with Crippen molar-refractivity contribution in [3.63, 3.8) is 0 Å². The summed E-state index contributed by atoms with van der Waals surface area (Å²) in [5, 5.41) is 3.48. The smallest absolute Gasteiger partial charge is 0.0730 e. The Balaban J connectivity index is 2.49. The maximum atomic E-state index is 5.16. The van der Waals surface area contributed by atoms with Crippen LogP contribution in [-0.2, 0) is 11.3 Å². The molecule has 86 valence electrons. The van der Waals surface area contributed by atoms with E-state index in [1.165, 1.54) is 14.2 Å². The standard InChI is InChI=1S/C11H18BrNOS/c1-8-5-9(15-10(8)12)6-13-11(2,3)7-14-4/h5,13H,6-7H2,1-4H3. The summed E-state index contributed by atoms with van der Waals surface area (Å²) in [7, 11) is 1.73. The summed E-state index contributed by atoms with van der Waals surface area (Å²) in [6.07, 6.45) is 0. The fourth-order valence-corrected chi connectivity index (χ4v) is 2.92. The largest absolute Gasteiger partial charge is 0.383 e. The van der Waals surface area contributed by atoms with Crippen LogP contribution in [0.1, 0.15) is 24.3 Å². The Morgan fingerprint density at radius 3 is 2.67 bits per heavy atom. The van der Waals surface area contributed by atoms with Crippen molar-refractivity contribution in [3.05, 3.63) is 20.3 Å². The van der Waals surface area contributed by atoms with Gasteiger partial charge in [-0.2, -0.15) is 0 Å². The van der Waals surface area contributed by atoms with Crippen LogP contribution in [0.15, 0.2) is 9.85 Å². The van der Waals surface area contributed by atoms with Crippen LogP contribution in [0.5, 0.6) is 0 Å². The molecule has 0 aliphatic rings. The van der Waals surface area contributed by atoms with E-state index in [9.17, 15) is 0 Å². The SMILES string of the molecule is COCC(C)(C)NCc1cc(C)c(Br)s1. The molecule has 0 aliphatic carbocycles. The van der Waals surface area contributed by atoms with Crippen LogP contribution in [0.2, 0.25) is 0 Å². The van der Waals surface area contributed by atoms with Gasteiger partial charge in [-0.1, -0.05) is 0 Å². The highest BCUT2D eigenvalue weighted by Crippen LogP contribution is 2.27. The molecule has 0 aliphatic heterocycles. The van der Waals surface area contributed by atoms with Gasteiger partial charge < -0.3 is 10.1 Å². The minimum absolute atomic E-state index is 0.0269. The second-order valence-electron chi connectivity index (χ2n) is 4.34. The predicted octanol–water partition coefficient (Wildman–Crippen LogP) is 3.33. The van der Waals surface area contributed by atoms with Crippen LogP contribution >= 0.6 is 27.3 Å². The summed E-state index contributed by atoms with van der Waals surface area (Å²) >= 11 is 5.32. The highest BCUT2D eigenvalue weighted by atomic mass is 79.9. The normalized spacial score (nSPS) is 12.1. The third-order valence-corrected chi connectivity index (χ3v) is 4.29. The first-order valence-corrected chi connectivity index (χ1v) is 6.54. The van der Waals surface area contributed by atoms with E-state index in [0.29, 0.717) is 0 Å². The van der Waals surface area contributed by atoms with Crippen LogP contribution < -0.4 is 5.32 Å². The monoisotopic (exact) mass is 291 g/mol. The summed E-state index contributed by atoms with van der Waals surface area (Å²) in [5.74, 6) is 0. The fourth-order valence-electron chi connectivity index (χ4n) is 1.35. The number of halogens is 1. The van der Waals surface area contributed by atoms with Crippen molar-refractivity contribution in [2.24, 2.45) is 0 Å². The zero-order chi connectivity index (χ0) is 11.5. The highest BCUT2D eigenvalue weighted by molar-refractivity contribution is 9.11. The van der Waals surface area contributed by atoms with Crippen molar-refractivity contribution in [1.29, 1.82) is 0 Å². The highest BCUT2D eigenvalue weighted by Gasteiger charge is 2.16. The van der Waals surface area contributed by atoms with Gasteiger partial charge in [-0.3, -0.25) is 0 Å². The molecule has 2 nitrogen and oxygen atoms in total. The number of rotatable bonds is 5. The first-order chi connectivity index (χ1) is 6.94. The quantitative estimate of drug-likeness (QED) is 0.898. The molecule has 0 saturated carbocycles. The Hall–Kier alpha value is 0.1000. The molecule has 0 atom stereocenters. The molecule has 1 aromatic heterocycles. The van der Waals surface area contributed by atoms with Crippen LogP contribution in [-0.4, -0.2) is 19.3 Å². The van der Waals surface area contributed by atoms with Gasteiger partial charge in [0.2, 0.25) is 0 Å². The van der Waals surface area contributed by atoms with Crippen molar-refractivity contribution in [1.82, 2.24) is 5.32 Å². The average molecular weight is 292 g/mol. The van der Waals surface area contributed by atoms with Crippen molar-refractivity contribution in [2.45, 2.75) is 32.9 Å². The number of aryl methyl sites for hydroxylation is 1. The summed E-state index contributed by atoms with van der Waals surface area (Å²) in [4.78, 5) is 1.35. The van der Waals surface area contributed by atoms with E-state index in [4.69, 9.17) is 4.74 Å². The third-order valence-electron chi connectivity index (χ3n) is 2.15. The lowest BCUT2D eigenvalue weighted by atomic mass is 10.1. The number of methoxy groups -OCH3 is 1. The zero-order valence-corrected chi connectivity index (χ0v) is 12.1. The van der Waals surface area contributed by atoms with Crippen LogP contribution in [0.4, 0.5) is 0 Å². The lowest BCUT2D eigenvalue weighted by Crippen LogP contribution is -2.42. The summed E-state index contributed by atoms with van der Waals surface area (Å²) in [6.45, 7) is 8.02. The topological polar surface area (TPSA) is 21.3 Å². The van der Waals surface area contributed by atoms with E-state index < -0.39 is 0 Å². The molecule has 4 heteroatoms. The summed E-state index contributed by atoms with van der Waals surface area (Å²) in [6, 6.07) is 2.21. The molecule has 0 spiro atoms. The van der Waals surface area contributed by atoms with E-state index in [0.717, 1.165) is 13.2 Å². The molecule has 0 amide bonds. The van der Waals surface area contributed by atoms with Gasteiger partial charge in [-0.25, -0.2) is 0 Å². The van der Waals surface area contributed by atoms with Gasteiger partial charge in [-0.15, -0.1) is 11.3 Å². The second kappa shape index (κ2) is 5.43. The molecular weight excluding hydrogens is 274 g/mol. The minimum atomic E-state index is 0.0269. The lowest BCUT2D eigenvalue weighted by molar-refractivity contribution is 0.128. The number of ether oxygens (including phenoxy) is 1. The number of nitrogens with one attached hydrogen (secondary N) is 1. The molecular formula is C11H18BrNOS. The molecule has 0 saturated heterocycles. The summed E-state index contributed by atoms with van der Waals surface area (Å²) in [5.41, 5.74) is 1.33. The molecule has 0 aromatic carbocycles. The Morgan fingerprint density at radius 1 is 1.53 bits per heavy atom. The van der Waals surface area contributed by atoms with E-state index in [2.05, 4.69) is 48.1 Å². The van der Waals surface area contributed by atoms with E-state index in [-0.39, 0.29) is 5.54 Å². The van der Waals surface area contributed by atoms with Crippen molar-refractivity contribution in [2.75, 3.05) is 13.7 Å².